The van der Waals surface area contributed by atoms with E-state index in [-0.39, 0.29) is 5.78 Å². The third kappa shape index (κ3) is 2.52. The molecule has 0 aromatic carbocycles. The van der Waals surface area contributed by atoms with Gasteiger partial charge in [-0.25, -0.2) is 0 Å². The Bertz CT molecular complexity index is 226. The predicted molar refractivity (Wildman–Crippen MR) is 45.3 cm³/mol. The number of carbonyl (C=O) groups excluding carboxylic acids is 1. The second kappa shape index (κ2) is 3.74. The van der Waals surface area contributed by atoms with E-state index in [9.17, 15) is 4.79 Å². The fourth-order valence-electron chi connectivity index (χ4n) is 0.771. The molecule has 1 heterocycles. The fourth-order valence-corrected chi connectivity index (χ4v) is 2.17. The van der Waals surface area contributed by atoms with Crippen molar-refractivity contribution < 1.29 is 9.21 Å². The molecule has 0 saturated heterocycles. The van der Waals surface area contributed by atoms with Gasteiger partial charge in [-0.05, 0) is 0 Å². The van der Waals surface area contributed by atoms with Gasteiger partial charge in [0.2, 0.25) is 0 Å². The summed E-state index contributed by atoms with van der Waals surface area (Å²) in [6.45, 7) is 0. The Hall–Kier alpha value is -0.531. The summed E-state index contributed by atoms with van der Waals surface area (Å²) < 4.78 is 4.97. The van der Waals surface area contributed by atoms with Gasteiger partial charge in [-0.15, -0.1) is 0 Å². The first-order chi connectivity index (χ1) is 5.20. The van der Waals surface area contributed by atoms with Crippen LogP contribution in [-0.4, -0.2) is 19.7 Å². The van der Waals surface area contributed by atoms with Crippen molar-refractivity contribution in [2.75, 3.05) is 0 Å². The quantitative estimate of drug-likeness (QED) is 0.575. The molecule has 0 aliphatic carbocycles. The van der Waals surface area contributed by atoms with E-state index in [1.54, 1.807) is 12.1 Å². The predicted octanol–water partition coefficient (Wildman–Crippen LogP) is 2.22. The zero-order valence-electron chi connectivity index (χ0n) is 6.66. The summed E-state index contributed by atoms with van der Waals surface area (Å²) in [7, 11) is 0. The Labute approximate surface area is 70.5 Å². The zero-order valence-corrected chi connectivity index (χ0v) is 8.38. The SMILES string of the molecule is C[Se+](C)CC(=O)c1ccco1. The van der Waals surface area contributed by atoms with Crippen LogP contribution < -0.4 is 0 Å². The van der Waals surface area contributed by atoms with Crippen LogP contribution in [0.25, 0.3) is 0 Å². The van der Waals surface area contributed by atoms with Crippen molar-refractivity contribution in [3.8, 4) is 0 Å². The standard InChI is InChI=1S/C8H11O2Se/c1-11(2)6-7(9)8-4-3-5-10-8/h3-5H,6H2,1-2H3/q+1. The normalized spacial score (nSPS) is 10.5. The van der Waals surface area contributed by atoms with E-state index in [0.29, 0.717) is 11.1 Å². The molecule has 0 unspecified atom stereocenters. The molecular weight excluding hydrogens is 207 g/mol. The monoisotopic (exact) mass is 219 g/mol. The Morgan fingerprint density at radius 1 is 1.64 bits per heavy atom. The topological polar surface area (TPSA) is 30.2 Å². The summed E-state index contributed by atoms with van der Waals surface area (Å²) in [5.74, 6) is 4.93. The van der Waals surface area contributed by atoms with Gasteiger partial charge in [0.25, 0.3) is 0 Å². The first-order valence-electron chi connectivity index (χ1n) is 3.31. The molecule has 1 aromatic rings. The molecule has 1 aromatic heterocycles. The van der Waals surface area contributed by atoms with Crippen molar-refractivity contribution in [2.45, 2.75) is 17.0 Å². The van der Waals surface area contributed by atoms with Gasteiger partial charge in [0.05, 0.1) is 0 Å². The van der Waals surface area contributed by atoms with Gasteiger partial charge >= 0.3 is 70.0 Å². The van der Waals surface area contributed by atoms with Crippen molar-refractivity contribution in [3.63, 3.8) is 0 Å². The summed E-state index contributed by atoms with van der Waals surface area (Å²) in [4.78, 5) is 11.3. The van der Waals surface area contributed by atoms with E-state index in [4.69, 9.17) is 4.42 Å². The summed E-state index contributed by atoms with van der Waals surface area (Å²) >= 11 is -0.665. The summed E-state index contributed by atoms with van der Waals surface area (Å²) in [6, 6.07) is 3.46. The van der Waals surface area contributed by atoms with Gasteiger partial charge in [-0.3, -0.25) is 0 Å². The molecule has 3 heteroatoms. The van der Waals surface area contributed by atoms with Crippen LogP contribution in [0.1, 0.15) is 10.6 Å². The molecule has 0 spiro atoms. The first kappa shape index (κ1) is 8.56. The zero-order chi connectivity index (χ0) is 8.27. The van der Waals surface area contributed by atoms with E-state index in [1.165, 1.54) is 6.26 Å². The van der Waals surface area contributed by atoms with Crippen LogP contribution in [0.2, 0.25) is 17.0 Å². The van der Waals surface area contributed by atoms with Crippen LogP contribution in [0.4, 0.5) is 0 Å². The number of hydrogen-bond acceptors (Lipinski definition) is 2. The van der Waals surface area contributed by atoms with Crippen molar-refractivity contribution in [1.82, 2.24) is 0 Å². The number of Topliss-reactive ketones (excluding diaryl/α,β-unsaturated/α-hetero) is 1. The molecule has 0 aliphatic heterocycles. The second-order valence-electron chi connectivity index (χ2n) is 2.53. The molecule has 0 fully saturated rings. The van der Waals surface area contributed by atoms with Crippen LogP contribution >= 0.6 is 0 Å². The van der Waals surface area contributed by atoms with Gasteiger partial charge in [0.1, 0.15) is 0 Å². The first-order valence-corrected chi connectivity index (χ1v) is 7.95. The van der Waals surface area contributed by atoms with Crippen LogP contribution in [0.3, 0.4) is 0 Å². The number of ketones is 1. The Morgan fingerprint density at radius 2 is 2.36 bits per heavy atom. The molecule has 0 aliphatic rings. The van der Waals surface area contributed by atoms with Gasteiger partial charge in [-0.2, -0.15) is 0 Å². The maximum atomic E-state index is 11.3. The molecule has 60 valence electrons. The van der Waals surface area contributed by atoms with Crippen LogP contribution in [0.5, 0.6) is 0 Å². The van der Waals surface area contributed by atoms with E-state index >= 15 is 0 Å². The fraction of sp³-hybridized carbons (Fsp3) is 0.375. The average Bonchev–Trinajstić information content (AvgIpc) is 2.35. The number of rotatable bonds is 3. The molecule has 1 rings (SSSR count). The summed E-state index contributed by atoms with van der Waals surface area (Å²) in [5.41, 5.74) is 0. The molecule has 0 radical (unpaired) electrons. The van der Waals surface area contributed by atoms with E-state index in [2.05, 4.69) is 11.6 Å². The van der Waals surface area contributed by atoms with E-state index in [0.717, 1.165) is 0 Å². The van der Waals surface area contributed by atoms with Gasteiger partial charge in [-0.1, -0.05) is 0 Å². The minimum absolute atomic E-state index is 0.144. The third-order valence-electron chi connectivity index (χ3n) is 1.22. The summed E-state index contributed by atoms with van der Waals surface area (Å²) in [5, 5.41) is 0.688. The molecule has 11 heavy (non-hydrogen) atoms. The number of carbonyl (C=O) groups is 1. The third-order valence-corrected chi connectivity index (χ3v) is 2.98. The minimum atomic E-state index is -0.665. The van der Waals surface area contributed by atoms with Gasteiger partial charge in [0.15, 0.2) is 0 Å². The molecule has 0 N–H and O–H groups in total. The Morgan fingerprint density at radius 3 is 2.82 bits per heavy atom. The van der Waals surface area contributed by atoms with E-state index in [1.807, 2.05) is 0 Å². The van der Waals surface area contributed by atoms with Crippen LogP contribution in [0, 0.1) is 0 Å². The van der Waals surface area contributed by atoms with Gasteiger partial charge in [0, 0.05) is 0 Å². The van der Waals surface area contributed by atoms with Crippen LogP contribution in [0.15, 0.2) is 22.8 Å². The molecule has 0 bridgehead atoms. The van der Waals surface area contributed by atoms with Gasteiger partial charge < -0.3 is 0 Å². The average molecular weight is 218 g/mol. The van der Waals surface area contributed by atoms with Crippen molar-refractivity contribution in [3.05, 3.63) is 24.2 Å². The second-order valence-corrected chi connectivity index (χ2v) is 7.27. The van der Waals surface area contributed by atoms with E-state index < -0.39 is 13.9 Å². The number of furan rings is 1. The molecule has 0 amide bonds. The van der Waals surface area contributed by atoms with Crippen molar-refractivity contribution in [1.29, 1.82) is 0 Å². The Kier molecular flexibility index (Phi) is 2.92. The molecule has 2 nitrogen and oxygen atoms in total. The molecule has 0 atom stereocenters. The molecule has 0 saturated carbocycles. The Balaban J connectivity index is 2.57. The number of hydrogen-bond donors (Lipinski definition) is 0. The van der Waals surface area contributed by atoms with Crippen LogP contribution in [-0.2, 0) is 0 Å². The molecular formula is C8H11O2Se+. The maximum absolute atomic E-state index is 11.3. The summed E-state index contributed by atoms with van der Waals surface area (Å²) in [6.07, 6.45) is 1.54. The van der Waals surface area contributed by atoms with Crippen molar-refractivity contribution >= 4 is 19.7 Å². The van der Waals surface area contributed by atoms with Crippen molar-refractivity contribution in [2.24, 2.45) is 0 Å².